The fraction of sp³-hybridized carbons (Fsp3) is 0.875. The molecule has 1 saturated heterocycles. The van der Waals surface area contributed by atoms with Crippen molar-refractivity contribution in [2.45, 2.75) is 77.3 Å². The van der Waals surface area contributed by atoms with Crippen LogP contribution in [-0.4, -0.2) is 27.7 Å². The van der Waals surface area contributed by atoms with Crippen molar-refractivity contribution in [3.8, 4) is 0 Å². The van der Waals surface area contributed by atoms with Crippen LogP contribution >= 0.6 is 0 Å². The van der Waals surface area contributed by atoms with Crippen molar-refractivity contribution >= 4 is 0 Å². The summed E-state index contributed by atoms with van der Waals surface area (Å²) in [5.74, 6) is 2.45. The van der Waals surface area contributed by atoms with Gasteiger partial charge in [0.1, 0.15) is 0 Å². The topological polar surface area (TPSA) is 42.2 Å². The van der Waals surface area contributed by atoms with E-state index in [1.54, 1.807) is 0 Å². The molecular weight excluding hydrogens is 250 g/mol. The van der Waals surface area contributed by atoms with Crippen LogP contribution in [0.5, 0.6) is 0 Å². The van der Waals surface area contributed by atoms with Gasteiger partial charge in [-0.2, -0.15) is 0 Å². The van der Waals surface area contributed by atoms with Crippen molar-refractivity contribution in [1.82, 2.24) is 15.1 Å². The van der Waals surface area contributed by atoms with E-state index in [1.807, 2.05) is 0 Å². The van der Waals surface area contributed by atoms with Crippen molar-refractivity contribution in [1.29, 1.82) is 0 Å². The van der Waals surface area contributed by atoms with Crippen LogP contribution in [0.4, 0.5) is 0 Å². The van der Waals surface area contributed by atoms with Crippen LogP contribution in [0.25, 0.3) is 0 Å². The molecule has 2 fully saturated rings. The highest BCUT2D eigenvalue weighted by Gasteiger charge is 2.34. The highest BCUT2D eigenvalue weighted by molar-refractivity contribution is 4.97. The molecule has 20 heavy (non-hydrogen) atoms. The molecule has 1 unspecified atom stereocenters. The van der Waals surface area contributed by atoms with E-state index in [1.165, 1.54) is 45.1 Å². The van der Waals surface area contributed by atoms with Gasteiger partial charge in [-0.15, -0.1) is 10.2 Å². The maximum absolute atomic E-state index is 5.86. The van der Waals surface area contributed by atoms with Gasteiger partial charge in [0, 0.05) is 11.5 Å². The van der Waals surface area contributed by atoms with Gasteiger partial charge in [-0.1, -0.05) is 33.6 Å². The number of rotatable bonds is 3. The Labute approximate surface area is 121 Å². The zero-order valence-corrected chi connectivity index (χ0v) is 13.1. The Morgan fingerprint density at radius 3 is 2.50 bits per heavy atom. The van der Waals surface area contributed by atoms with Crippen LogP contribution in [0, 0.1) is 5.92 Å². The molecule has 1 saturated carbocycles. The predicted molar refractivity (Wildman–Crippen MR) is 78.4 cm³/mol. The van der Waals surface area contributed by atoms with Gasteiger partial charge in [-0.05, 0) is 38.1 Å². The monoisotopic (exact) mass is 277 g/mol. The first-order valence-corrected chi connectivity index (χ1v) is 8.11. The SMILES string of the molecule is CC(C)(C)c1nnc(CN2CCCC2C2CCCC2)o1. The van der Waals surface area contributed by atoms with E-state index in [9.17, 15) is 0 Å². The summed E-state index contributed by atoms with van der Waals surface area (Å²) in [6.07, 6.45) is 8.34. The van der Waals surface area contributed by atoms with E-state index < -0.39 is 0 Å². The van der Waals surface area contributed by atoms with Crippen LogP contribution in [0.2, 0.25) is 0 Å². The minimum absolute atomic E-state index is 0.0545. The Bertz CT molecular complexity index is 443. The lowest BCUT2D eigenvalue weighted by Crippen LogP contribution is -2.34. The Kier molecular flexibility index (Phi) is 3.85. The minimum atomic E-state index is -0.0545. The molecule has 1 aliphatic carbocycles. The Morgan fingerprint density at radius 2 is 1.85 bits per heavy atom. The maximum atomic E-state index is 5.86. The molecule has 4 nitrogen and oxygen atoms in total. The third kappa shape index (κ3) is 2.90. The summed E-state index contributed by atoms with van der Waals surface area (Å²) in [7, 11) is 0. The fourth-order valence-corrected chi connectivity index (χ4v) is 3.72. The van der Waals surface area contributed by atoms with Crippen molar-refractivity contribution < 1.29 is 4.42 Å². The van der Waals surface area contributed by atoms with Crippen LogP contribution in [0.15, 0.2) is 4.42 Å². The summed E-state index contributed by atoms with van der Waals surface area (Å²) < 4.78 is 5.86. The molecule has 0 N–H and O–H groups in total. The minimum Gasteiger partial charge on any atom is -0.423 e. The first-order chi connectivity index (χ1) is 9.54. The summed E-state index contributed by atoms with van der Waals surface area (Å²) in [6, 6.07) is 0.752. The second-order valence-corrected chi connectivity index (χ2v) is 7.48. The zero-order valence-electron chi connectivity index (χ0n) is 13.1. The van der Waals surface area contributed by atoms with Gasteiger partial charge in [-0.25, -0.2) is 0 Å². The number of aromatic nitrogens is 2. The lowest BCUT2D eigenvalue weighted by atomic mass is 9.96. The fourth-order valence-electron chi connectivity index (χ4n) is 3.72. The molecule has 0 amide bonds. The van der Waals surface area contributed by atoms with Crippen LogP contribution in [0.3, 0.4) is 0 Å². The smallest absolute Gasteiger partial charge is 0.230 e. The average Bonchev–Trinajstić information content (AvgIpc) is 3.08. The van der Waals surface area contributed by atoms with Crippen molar-refractivity contribution in [2.75, 3.05) is 6.54 Å². The van der Waals surface area contributed by atoms with E-state index in [0.717, 1.165) is 30.3 Å². The van der Waals surface area contributed by atoms with E-state index in [4.69, 9.17) is 4.42 Å². The van der Waals surface area contributed by atoms with Gasteiger partial charge < -0.3 is 4.42 Å². The van der Waals surface area contributed by atoms with Gasteiger partial charge in [0.2, 0.25) is 11.8 Å². The molecule has 4 heteroatoms. The Hall–Kier alpha value is -0.900. The quantitative estimate of drug-likeness (QED) is 0.847. The Morgan fingerprint density at radius 1 is 1.10 bits per heavy atom. The normalized spacial score (nSPS) is 25.6. The molecule has 1 atom stereocenters. The zero-order chi connectivity index (χ0) is 14.2. The summed E-state index contributed by atoms with van der Waals surface area (Å²) in [5.41, 5.74) is -0.0545. The van der Waals surface area contributed by atoms with Gasteiger partial charge in [0.15, 0.2) is 0 Å². The molecule has 112 valence electrons. The summed E-state index contributed by atoms with van der Waals surface area (Å²) >= 11 is 0. The Balaban J connectivity index is 1.65. The van der Waals surface area contributed by atoms with E-state index in [-0.39, 0.29) is 5.41 Å². The van der Waals surface area contributed by atoms with Gasteiger partial charge in [0.05, 0.1) is 6.54 Å². The number of hydrogen-bond donors (Lipinski definition) is 0. The van der Waals surface area contributed by atoms with E-state index >= 15 is 0 Å². The summed E-state index contributed by atoms with van der Waals surface area (Å²) in [5, 5.41) is 8.46. The maximum Gasteiger partial charge on any atom is 0.230 e. The largest absolute Gasteiger partial charge is 0.423 e. The third-order valence-electron chi connectivity index (χ3n) is 4.81. The molecule has 1 aliphatic heterocycles. The molecule has 0 bridgehead atoms. The molecule has 1 aromatic rings. The molecule has 0 radical (unpaired) electrons. The predicted octanol–water partition coefficient (Wildman–Crippen LogP) is 3.52. The second kappa shape index (κ2) is 5.47. The van der Waals surface area contributed by atoms with Gasteiger partial charge in [0.25, 0.3) is 0 Å². The lowest BCUT2D eigenvalue weighted by Gasteiger charge is -2.28. The first kappa shape index (κ1) is 14.1. The van der Waals surface area contributed by atoms with Crippen LogP contribution < -0.4 is 0 Å². The first-order valence-electron chi connectivity index (χ1n) is 8.11. The molecular formula is C16H27N3O. The average molecular weight is 277 g/mol. The summed E-state index contributed by atoms with van der Waals surface area (Å²) in [4.78, 5) is 2.58. The van der Waals surface area contributed by atoms with Crippen LogP contribution in [-0.2, 0) is 12.0 Å². The van der Waals surface area contributed by atoms with Crippen LogP contribution in [0.1, 0.15) is 71.1 Å². The molecule has 0 aromatic carbocycles. The molecule has 3 rings (SSSR count). The molecule has 2 aliphatic rings. The summed E-state index contributed by atoms with van der Waals surface area (Å²) in [6.45, 7) is 8.36. The highest BCUT2D eigenvalue weighted by Crippen LogP contribution is 2.36. The molecule has 2 heterocycles. The third-order valence-corrected chi connectivity index (χ3v) is 4.81. The molecule has 1 aromatic heterocycles. The number of likely N-dealkylation sites (tertiary alicyclic amines) is 1. The van der Waals surface area contributed by atoms with Crippen molar-refractivity contribution in [2.24, 2.45) is 5.92 Å². The standard InChI is InChI=1S/C16H27N3O/c1-16(2,3)15-18-17-14(20-15)11-19-10-6-9-13(19)12-7-4-5-8-12/h12-13H,4-11H2,1-3H3. The highest BCUT2D eigenvalue weighted by atomic mass is 16.4. The second-order valence-electron chi connectivity index (χ2n) is 7.48. The van der Waals surface area contributed by atoms with E-state index in [2.05, 4.69) is 35.9 Å². The number of hydrogen-bond acceptors (Lipinski definition) is 4. The lowest BCUT2D eigenvalue weighted by molar-refractivity contribution is 0.166. The van der Waals surface area contributed by atoms with E-state index in [0.29, 0.717) is 0 Å². The van der Waals surface area contributed by atoms with Crippen molar-refractivity contribution in [3.63, 3.8) is 0 Å². The molecule has 0 spiro atoms. The van der Waals surface area contributed by atoms with Gasteiger partial charge in [-0.3, -0.25) is 4.90 Å². The number of nitrogens with zero attached hydrogens (tertiary/aromatic N) is 3. The van der Waals surface area contributed by atoms with Crippen molar-refractivity contribution in [3.05, 3.63) is 11.8 Å². The van der Waals surface area contributed by atoms with Gasteiger partial charge >= 0.3 is 0 Å².